The van der Waals surface area contributed by atoms with E-state index in [1.807, 2.05) is 0 Å². The molecule has 0 atom stereocenters. The highest BCUT2D eigenvalue weighted by atomic mass is 32.1. The number of nitrogen functional groups attached to an aromatic ring is 1. The third kappa shape index (κ3) is 1.79. The van der Waals surface area contributed by atoms with Crippen molar-refractivity contribution in [1.29, 1.82) is 0 Å². The summed E-state index contributed by atoms with van der Waals surface area (Å²) in [5.74, 6) is 1.45. The molecule has 2 fully saturated rings. The molecule has 2 aliphatic carbocycles. The Labute approximate surface area is 101 Å². The van der Waals surface area contributed by atoms with Crippen LogP contribution in [0, 0.1) is 5.41 Å². The van der Waals surface area contributed by atoms with Gasteiger partial charge >= 0.3 is 0 Å². The Morgan fingerprint density at radius 3 is 2.81 bits per heavy atom. The predicted octanol–water partition coefficient (Wildman–Crippen LogP) is 3.20. The summed E-state index contributed by atoms with van der Waals surface area (Å²) >= 11 is 1.54. The number of nitrogens with two attached hydrogens (primary N) is 1. The summed E-state index contributed by atoms with van der Waals surface area (Å²) < 4.78 is 4.28. The molecule has 1 heterocycles. The van der Waals surface area contributed by atoms with Gasteiger partial charge in [0.2, 0.25) is 0 Å². The molecule has 2 aliphatic rings. The third-order valence-electron chi connectivity index (χ3n) is 4.07. The van der Waals surface area contributed by atoms with Crippen LogP contribution in [0.2, 0.25) is 0 Å². The van der Waals surface area contributed by atoms with E-state index in [0.29, 0.717) is 11.3 Å². The maximum absolute atomic E-state index is 5.93. The van der Waals surface area contributed by atoms with Gasteiger partial charge in [0, 0.05) is 12.1 Å². The summed E-state index contributed by atoms with van der Waals surface area (Å²) in [5.41, 5.74) is 7.81. The number of aromatic nitrogens is 1. The monoisotopic (exact) mass is 237 g/mol. The topological polar surface area (TPSA) is 50.9 Å². The average Bonchev–Trinajstić information content (AvgIpc) is 3.19. The fraction of sp³-hybridized carbons (Fsp3) is 0.750. The first kappa shape index (κ1) is 10.4. The van der Waals surface area contributed by atoms with Crippen LogP contribution in [-0.2, 0) is 0 Å². The Hall–Kier alpha value is -0.770. The molecule has 1 aromatic rings. The Kier molecular flexibility index (Phi) is 2.35. The first-order valence-electron chi connectivity index (χ1n) is 6.23. The van der Waals surface area contributed by atoms with E-state index in [0.717, 1.165) is 12.4 Å². The van der Waals surface area contributed by atoms with E-state index in [9.17, 15) is 0 Å². The Morgan fingerprint density at radius 2 is 2.25 bits per heavy atom. The number of anilines is 2. The lowest BCUT2D eigenvalue weighted by atomic mass is 10.0. The molecule has 4 heteroatoms. The fourth-order valence-corrected chi connectivity index (χ4v) is 3.10. The Morgan fingerprint density at radius 1 is 1.50 bits per heavy atom. The lowest BCUT2D eigenvalue weighted by molar-refractivity contribution is 0.522. The minimum absolute atomic E-state index is 0.583. The summed E-state index contributed by atoms with van der Waals surface area (Å²) in [6.45, 7) is 3.39. The number of hydrogen-bond donors (Lipinski definition) is 2. The van der Waals surface area contributed by atoms with Gasteiger partial charge in [0.05, 0.1) is 0 Å². The summed E-state index contributed by atoms with van der Waals surface area (Å²) in [7, 11) is 0. The molecule has 0 saturated heterocycles. The van der Waals surface area contributed by atoms with Crippen LogP contribution in [-0.4, -0.2) is 10.9 Å². The SMILES string of the molecule is CCC1(CNc2snc(N)c2C2CC2)CC1. The molecule has 0 aliphatic heterocycles. The summed E-state index contributed by atoms with van der Waals surface area (Å²) in [6, 6.07) is 0. The van der Waals surface area contributed by atoms with Crippen molar-refractivity contribution in [3.05, 3.63) is 5.56 Å². The van der Waals surface area contributed by atoms with Gasteiger partial charge in [0.1, 0.15) is 10.8 Å². The van der Waals surface area contributed by atoms with Crippen molar-refractivity contribution in [3.63, 3.8) is 0 Å². The number of nitrogens with one attached hydrogen (secondary N) is 1. The smallest absolute Gasteiger partial charge is 0.142 e. The third-order valence-corrected chi connectivity index (χ3v) is 4.91. The van der Waals surface area contributed by atoms with E-state index >= 15 is 0 Å². The first-order chi connectivity index (χ1) is 7.74. The van der Waals surface area contributed by atoms with Crippen LogP contribution in [0.3, 0.4) is 0 Å². The van der Waals surface area contributed by atoms with Gasteiger partial charge in [-0.2, -0.15) is 4.37 Å². The van der Waals surface area contributed by atoms with Crippen molar-refractivity contribution in [1.82, 2.24) is 4.37 Å². The van der Waals surface area contributed by atoms with E-state index in [1.54, 1.807) is 0 Å². The van der Waals surface area contributed by atoms with Crippen LogP contribution in [0.4, 0.5) is 10.8 Å². The predicted molar refractivity (Wildman–Crippen MR) is 68.9 cm³/mol. The minimum Gasteiger partial charge on any atom is -0.383 e. The standard InChI is InChI=1S/C12H19N3S/c1-2-12(5-6-12)7-14-11-9(8-3-4-8)10(13)15-16-11/h8,14H,2-7H2,1H3,(H2,13,15). The van der Waals surface area contributed by atoms with Crippen molar-refractivity contribution in [2.24, 2.45) is 5.41 Å². The van der Waals surface area contributed by atoms with Gasteiger partial charge in [0.25, 0.3) is 0 Å². The highest BCUT2D eigenvalue weighted by Crippen LogP contribution is 2.51. The van der Waals surface area contributed by atoms with Crippen molar-refractivity contribution >= 4 is 22.4 Å². The first-order valence-corrected chi connectivity index (χ1v) is 7.00. The fourth-order valence-electron chi connectivity index (χ4n) is 2.30. The molecule has 3 rings (SSSR count). The van der Waals surface area contributed by atoms with Crippen molar-refractivity contribution in [2.45, 2.75) is 44.9 Å². The van der Waals surface area contributed by atoms with Crippen LogP contribution >= 0.6 is 11.5 Å². The van der Waals surface area contributed by atoms with Crippen LogP contribution in [0.1, 0.15) is 50.5 Å². The van der Waals surface area contributed by atoms with Gasteiger partial charge in [-0.15, -0.1) is 0 Å². The van der Waals surface area contributed by atoms with Crippen LogP contribution in [0.15, 0.2) is 0 Å². The van der Waals surface area contributed by atoms with E-state index in [1.165, 1.54) is 54.2 Å². The van der Waals surface area contributed by atoms with Gasteiger partial charge < -0.3 is 11.1 Å². The molecular weight excluding hydrogens is 218 g/mol. The van der Waals surface area contributed by atoms with Gasteiger partial charge in [-0.05, 0) is 55.0 Å². The molecular formula is C12H19N3S. The van der Waals surface area contributed by atoms with Crippen molar-refractivity contribution in [2.75, 3.05) is 17.6 Å². The quantitative estimate of drug-likeness (QED) is 0.826. The second-order valence-corrected chi connectivity index (χ2v) is 6.07. The largest absolute Gasteiger partial charge is 0.383 e. The number of hydrogen-bond acceptors (Lipinski definition) is 4. The molecule has 3 nitrogen and oxygen atoms in total. The van der Waals surface area contributed by atoms with Crippen molar-refractivity contribution in [3.8, 4) is 0 Å². The highest BCUT2D eigenvalue weighted by molar-refractivity contribution is 7.10. The van der Waals surface area contributed by atoms with Crippen LogP contribution in [0.25, 0.3) is 0 Å². The highest BCUT2D eigenvalue weighted by Gasteiger charge is 2.41. The Bertz CT molecular complexity index is 391. The molecule has 88 valence electrons. The number of nitrogens with zero attached hydrogens (tertiary/aromatic N) is 1. The average molecular weight is 237 g/mol. The molecule has 3 N–H and O–H groups in total. The molecule has 0 bridgehead atoms. The van der Waals surface area contributed by atoms with E-state index in [4.69, 9.17) is 5.73 Å². The summed E-state index contributed by atoms with van der Waals surface area (Å²) in [5, 5.41) is 4.82. The van der Waals surface area contributed by atoms with Crippen LogP contribution in [0.5, 0.6) is 0 Å². The maximum atomic E-state index is 5.93. The lowest BCUT2D eigenvalue weighted by Gasteiger charge is -2.14. The van der Waals surface area contributed by atoms with E-state index in [2.05, 4.69) is 16.6 Å². The van der Waals surface area contributed by atoms with E-state index < -0.39 is 0 Å². The molecule has 2 saturated carbocycles. The zero-order valence-corrected chi connectivity index (χ0v) is 10.6. The van der Waals surface area contributed by atoms with Gasteiger partial charge in [0.15, 0.2) is 0 Å². The molecule has 0 spiro atoms. The van der Waals surface area contributed by atoms with Crippen LogP contribution < -0.4 is 11.1 Å². The molecule has 1 aromatic heterocycles. The lowest BCUT2D eigenvalue weighted by Crippen LogP contribution is -2.14. The Balaban J connectivity index is 1.69. The normalized spacial score (nSPS) is 22.1. The second-order valence-electron chi connectivity index (χ2n) is 5.29. The molecule has 0 radical (unpaired) electrons. The van der Waals surface area contributed by atoms with Gasteiger partial charge in [-0.25, -0.2) is 0 Å². The van der Waals surface area contributed by atoms with Crippen molar-refractivity contribution < 1.29 is 0 Å². The summed E-state index contributed by atoms with van der Waals surface area (Å²) in [6.07, 6.45) is 6.62. The molecule has 0 unspecified atom stereocenters. The minimum atomic E-state index is 0.583. The summed E-state index contributed by atoms with van der Waals surface area (Å²) in [4.78, 5) is 0. The molecule has 16 heavy (non-hydrogen) atoms. The second kappa shape index (κ2) is 3.62. The van der Waals surface area contributed by atoms with Gasteiger partial charge in [-0.3, -0.25) is 0 Å². The zero-order valence-electron chi connectivity index (χ0n) is 9.75. The zero-order chi connectivity index (χ0) is 11.2. The molecule has 0 amide bonds. The number of rotatable bonds is 5. The van der Waals surface area contributed by atoms with Gasteiger partial charge in [-0.1, -0.05) is 6.92 Å². The molecule has 0 aromatic carbocycles. The maximum Gasteiger partial charge on any atom is 0.142 e. The van der Waals surface area contributed by atoms with E-state index in [-0.39, 0.29) is 0 Å².